The molecule has 1 aliphatic carbocycles. The molecule has 2 amide bonds. The summed E-state index contributed by atoms with van der Waals surface area (Å²) in [5.41, 5.74) is 0.479. The van der Waals surface area contributed by atoms with Crippen molar-refractivity contribution < 1.29 is 23.2 Å². The van der Waals surface area contributed by atoms with E-state index >= 15 is 0 Å². The van der Waals surface area contributed by atoms with Crippen molar-refractivity contribution in [1.29, 1.82) is 0 Å². The van der Waals surface area contributed by atoms with Gasteiger partial charge in [0.2, 0.25) is 5.91 Å². The average Bonchev–Trinajstić information content (AvgIpc) is 3.27. The number of ketones is 1. The summed E-state index contributed by atoms with van der Waals surface area (Å²) >= 11 is 14.5. The van der Waals surface area contributed by atoms with E-state index in [4.69, 9.17) is 23.2 Å². The Morgan fingerprint density at radius 1 is 1.12 bits per heavy atom. The maximum atomic E-state index is 14.5. The zero-order valence-electron chi connectivity index (χ0n) is 21.1. The molecule has 1 saturated carbocycles. The number of pyridine rings is 1. The number of carbonyl (C=O) groups excluding carboxylic acids is 3. The Kier molecular flexibility index (Phi) is 8.45. The lowest BCUT2D eigenvalue weighted by atomic mass is 9.78. The summed E-state index contributed by atoms with van der Waals surface area (Å²) in [6, 6.07) is 12.8. The second-order valence-electron chi connectivity index (χ2n) is 10.1. The van der Waals surface area contributed by atoms with Gasteiger partial charge in [-0.25, -0.2) is 13.8 Å². The molecule has 0 radical (unpaired) electrons. The molecule has 40 heavy (non-hydrogen) atoms. The van der Waals surface area contributed by atoms with Gasteiger partial charge in [0.15, 0.2) is 9.46 Å². The highest BCUT2D eigenvalue weighted by atomic mass is 127. The third-order valence-corrected chi connectivity index (χ3v) is 8.66. The topological polar surface area (TPSA) is 70.6 Å². The van der Waals surface area contributed by atoms with E-state index in [1.165, 1.54) is 40.3 Å². The summed E-state index contributed by atoms with van der Waals surface area (Å²) < 4.78 is 27.4. The van der Waals surface area contributed by atoms with Crippen LogP contribution >= 0.6 is 45.8 Å². The molecule has 208 valence electrons. The summed E-state index contributed by atoms with van der Waals surface area (Å²) in [5.74, 6) is -1.91. The fraction of sp³-hybridized carbons (Fsp3) is 0.310. The van der Waals surface area contributed by atoms with Crippen LogP contribution in [0.2, 0.25) is 10.0 Å². The van der Waals surface area contributed by atoms with Crippen molar-refractivity contribution in [3.63, 3.8) is 0 Å². The first-order chi connectivity index (χ1) is 19.0. The Balaban J connectivity index is 1.60. The number of alkyl halides is 2. The lowest BCUT2D eigenvalue weighted by molar-refractivity contribution is -0.127. The van der Waals surface area contributed by atoms with Gasteiger partial charge in [0.05, 0.1) is 0 Å². The van der Waals surface area contributed by atoms with Gasteiger partial charge >= 0.3 is 0 Å². The molecule has 0 bridgehead atoms. The number of carbonyl (C=O) groups is 3. The van der Waals surface area contributed by atoms with Crippen LogP contribution in [0.3, 0.4) is 0 Å². The van der Waals surface area contributed by atoms with Crippen LogP contribution < -0.4 is 9.80 Å². The van der Waals surface area contributed by atoms with E-state index in [1.807, 2.05) is 0 Å². The number of hydrogen-bond donors (Lipinski definition) is 0. The van der Waals surface area contributed by atoms with Crippen molar-refractivity contribution in [2.45, 2.75) is 47.9 Å². The number of amides is 2. The van der Waals surface area contributed by atoms with Gasteiger partial charge in [0.1, 0.15) is 23.7 Å². The van der Waals surface area contributed by atoms with Crippen molar-refractivity contribution in [2.24, 2.45) is 5.92 Å². The van der Waals surface area contributed by atoms with Crippen molar-refractivity contribution >= 4 is 74.9 Å². The van der Waals surface area contributed by atoms with E-state index in [0.717, 1.165) is 6.07 Å². The third kappa shape index (κ3) is 6.01. The number of aromatic nitrogens is 1. The maximum absolute atomic E-state index is 14.5. The predicted molar refractivity (Wildman–Crippen MR) is 158 cm³/mol. The molecule has 6 nitrogen and oxygen atoms in total. The van der Waals surface area contributed by atoms with Crippen molar-refractivity contribution in [2.75, 3.05) is 9.80 Å². The van der Waals surface area contributed by atoms with Gasteiger partial charge in [0.25, 0.3) is 5.91 Å². The molecule has 3 aromatic rings. The molecule has 2 heterocycles. The van der Waals surface area contributed by atoms with Crippen LogP contribution in [-0.2, 0) is 14.4 Å². The molecule has 2 fully saturated rings. The normalized spacial score (nSPS) is 23.0. The second-order valence-corrected chi connectivity index (χ2v) is 12.8. The van der Waals surface area contributed by atoms with Crippen molar-refractivity contribution in [3.05, 3.63) is 88.3 Å². The molecule has 2 aliphatic rings. The molecular formula is C29H24Cl2F2IN3O3. The second kappa shape index (κ2) is 11.7. The third-order valence-electron chi connectivity index (χ3n) is 7.20. The molecular weight excluding hydrogens is 674 g/mol. The Bertz CT molecular complexity index is 1470. The minimum Gasteiger partial charge on any atom is -0.297 e. The molecule has 0 unspecified atom stereocenters. The first-order valence-electron chi connectivity index (χ1n) is 12.7. The Morgan fingerprint density at radius 3 is 2.55 bits per heavy atom. The molecule has 0 spiro atoms. The van der Waals surface area contributed by atoms with Crippen molar-refractivity contribution in [3.8, 4) is 0 Å². The highest BCUT2D eigenvalue weighted by molar-refractivity contribution is 14.1. The SMILES string of the molecule is O=C(CC1CC(F)(I)C1)[C@H](c1ccccc1Cl)N(C(=O)[C@@H]1CCC(=O)N1c1cc(Cl)ccn1)c1cccc(F)c1. The Morgan fingerprint density at radius 2 is 1.88 bits per heavy atom. The van der Waals surface area contributed by atoms with Crippen LogP contribution in [0, 0.1) is 11.7 Å². The molecule has 1 aliphatic heterocycles. The van der Waals surface area contributed by atoms with E-state index in [2.05, 4.69) is 4.98 Å². The average molecular weight is 698 g/mol. The fourth-order valence-corrected chi connectivity index (χ4v) is 7.04. The quantitative estimate of drug-likeness (QED) is 0.184. The summed E-state index contributed by atoms with van der Waals surface area (Å²) in [6.07, 6.45) is 2.10. The van der Waals surface area contributed by atoms with Gasteiger partial charge in [0, 0.05) is 40.3 Å². The Hall–Kier alpha value is -2.63. The molecule has 1 aromatic heterocycles. The van der Waals surface area contributed by atoms with Gasteiger partial charge in [-0.1, -0.05) is 47.5 Å². The van der Waals surface area contributed by atoms with Crippen LogP contribution in [0.5, 0.6) is 0 Å². The first kappa shape index (κ1) is 28.9. The molecule has 11 heteroatoms. The molecule has 5 rings (SSSR count). The number of Topliss-reactive ketones (excluding diaryl/α,β-unsaturated/α-hetero) is 1. The first-order valence-corrected chi connectivity index (χ1v) is 14.5. The number of rotatable bonds is 8. The largest absolute Gasteiger partial charge is 0.297 e. The number of benzene rings is 2. The molecule has 0 N–H and O–H groups in total. The van der Waals surface area contributed by atoms with E-state index < -0.39 is 27.5 Å². The van der Waals surface area contributed by atoms with E-state index in [-0.39, 0.29) is 66.2 Å². The van der Waals surface area contributed by atoms with Gasteiger partial charge in [-0.15, -0.1) is 0 Å². The van der Waals surface area contributed by atoms with Gasteiger partial charge < -0.3 is 0 Å². The van der Waals surface area contributed by atoms with Crippen LogP contribution in [0.25, 0.3) is 0 Å². The van der Waals surface area contributed by atoms with Crippen LogP contribution in [0.1, 0.15) is 43.7 Å². The zero-order chi connectivity index (χ0) is 28.6. The zero-order valence-corrected chi connectivity index (χ0v) is 24.7. The molecule has 1 saturated heterocycles. The van der Waals surface area contributed by atoms with Gasteiger partial charge in [-0.2, -0.15) is 0 Å². The van der Waals surface area contributed by atoms with Crippen LogP contribution in [0.4, 0.5) is 20.3 Å². The standard InChI is InChI=1S/C29H24Cl2F2IN3O3/c30-18-10-11-35-25(13-18)37-23(8-9-26(37)39)28(40)36(20-5-3-4-19(32)14-20)27(21-6-1-2-7-22(21)31)24(38)12-17-15-29(33,34)16-17/h1-7,10-11,13-14,17,23,27H,8-9,12,15-16H2/t17?,23-,27-,29?/m0/s1. The lowest BCUT2D eigenvalue weighted by Crippen LogP contribution is -2.50. The van der Waals surface area contributed by atoms with Crippen molar-refractivity contribution in [1.82, 2.24) is 4.98 Å². The number of anilines is 2. The predicted octanol–water partition coefficient (Wildman–Crippen LogP) is 7.27. The van der Waals surface area contributed by atoms with Crippen LogP contribution in [0.15, 0.2) is 66.9 Å². The number of nitrogens with zero attached hydrogens (tertiary/aromatic N) is 3. The smallest absolute Gasteiger partial charge is 0.251 e. The van der Waals surface area contributed by atoms with E-state index in [1.54, 1.807) is 52.9 Å². The highest BCUT2D eigenvalue weighted by Crippen LogP contribution is 2.49. The Labute approximate surface area is 253 Å². The monoisotopic (exact) mass is 697 g/mol. The number of hydrogen-bond acceptors (Lipinski definition) is 4. The minimum absolute atomic E-state index is 0.00676. The summed E-state index contributed by atoms with van der Waals surface area (Å²) in [4.78, 5) is 48.2. The van der Waals surface area contributed by atoms with E-state index in [0.29, 0.717) is 10.6 Å². The maximum Gasteiger partial charge on any atom is 0.251 e. The molecule has 2 atom stereocenters. The minimum atomic E-state index is -1.37. The summed E-state index contributed by atoms with van der Waals surface area (Å²) in [6.45, 7) is 0. The van der Waals surface area contributed by atoms with Gasteiger partial charge in [-0.05, 0) is 84.2 Å². The fourth-order valence-electron chi connectivity index (χ4n) is 5.40. The lowest BCUT2D eigenvalue weighted by Gasteiger charge is -2.39. The number of halogens is 5. The van der Waals surface area contributed by atoms with Gasteiger partial charge in [-0.3, -0.25) is 24.2 Å². The van der Waals surface area contributed by atoms with Crippen LogP contribution in [-0.4, -0.2) is 32.3 Å². The van der Waals surface area contributed by atoms with E-state index in [9.17, 15) is 23.2 Å². The highest BCUT2D eigenvalue weighted by Gasteiger charge is 2.47. The summed E-state index contributed by atoms with van der Waals surface area (Å²) in [5, 5.41) is 0.579. The molecule has 2 aromatic carbocycles. The summed E-state index contributed by atoms with van der Waals surface area (Å²) in [7, 11) is 0.